The number of amides is 1. The van der Waals surface area contributed by atoms with Gasteiger partial charge in [-0.2, -0.15) is 0 Å². The zero-order valence-corrected chi connectivity index (χ0v) is 13.6. The second kappa shape index (κ2) is 6.82. The van der Waals surface area contributed by atoms with Gasteiger partial charge >= 0.3 is 0 Å². The lowest BCUT2D eigenvalue weighted by molar-refractivity contribution is -0.136. The Kier molecular flexibility index (Phi) is 4.82. The molecule has 1 fully saturated rings. The normalized spacial score (nSPS) is 28.3. The quantitative estimate of drug-likeness (QED) is 0.933. The molecule has 1 heterocycles. The third-order valence-electron chi connectivity index (χ3n) is 5.48. The molecule has 3 nitrogen and oxygen atoms in total. The molecule has 22 heavy (non-hydrogen) atoms. The van der Waals surface area contributed by atoms with E-state index in [1.807, 2.05) is 0 Å². The molecule has 1 aromatic carbocycles. The van der Waals surface area contributed by atoms with Crippen LogP contribution in [-0.2, 0) is 17.6 Å². The molecule has 1 aliphatic carbocycles. The van der Waals surface area contributed by atoms with Crippen LogP contribution < -0.4 is 5.73 Å². The summed E-state index contributed by atoms with van der Waals surface area (Å²) in [5, 5.41) is 0. The predicted molar refractivity (Wildman–Crippen MR) is 89.5 cm³/mol. The molecular formula is C19H28N2O. The standard InChI is InChI=1S/C19H28N2O/c1-14-8-9-21(18(10-14)13-20)19(22)12-15-6-7-16-4-2-3-5-17(16)11-15/h2-5,14-15,18H,6-13,20H2,1H3. The maximum absolute atomic E-state index is 12.7. The zero-order valence-electron chi connectivity index (χ0n) is 13.6. The van der Waals surface area contributed by atoms with Gasteiger partial charge in [-0.25, -0.2) is 0 Å². The van der Waals surface area contributed by atoms with E-state index in [1.165, 1.54) is 11.1 Å². The number of hydrogen-bond donors (Lipinski definition) is 1. The van der Waals surface area contributed by atoms with Crippen LogP contribution in [0.4, 0.5) is 0 Å². The van der Waals surface area contributed by atoms with E-state index in [9.17, 15) is 4.79 Å². The van der Waals surface area contributed by atoms with Crippen molar-refractivity contribution in [1.82, 2.24) is 4.90 Å². The molecule has 2 aliphatic rings. The van der Waals surface area contributed by atoms with Crippen LogP contribution in [0.1, 0.15) is 43.7 Å². The zero-order chi connectivity index (χ0) is 15.5. The number of nitrogens with two attached hydrogens (primary N) is 1. The summed E-state index contributed by atoms with van der Waals surface area (Å²) in [7, 11) is 0. The van der Waals surface area contributed by atoms with Crippen molar-refractivity contribution in [2.75, 3.05) is 13.1 Å². The van der Waals surface area contributed by atoms with Gasteiger partial charge in [-0.3, -0.25) is 4.79 Å². The fourth-order valence-electron chi connectivity index (χ4n) is 4.12. The molecule has 3 rings (SSSR count). The summed E-state index contributed by atoms with van der Waals surface area (Å²) < 4.78 is 0. The van der Waals surface area contributed by atoms with Crippen LogP contribution in [0.2, 0.25) is 0 Å². The molecule has 120 valence electrons. The highest BCUT2D eigenvalue weighted by Crippen LogP contribution is 2.29. The van der Waals surface area contributed by atoms with E-state index in [4.69, 9.17) is 5.73 Å². The number of aryl methyl sites for hydroxylation is 1. The van der Waals surface area contributed by atoms with Crippen molar-refractivity contribution >= 4 is 5.91 Å². The maximum Gasteiger partial charge on any atom is 0.223 e. The van der Waals surface area contributed by atoms with Gasteiger partial charge in [-0.15, -0.1) is 0 Å². The largest absolute Gasteiger partial charge is 0.338 e. The minimum atomic E-state index is 0.257. The monoisotopic (exact) mass is 300 g/mol. The molecule has 1 aliphatic heterocycles. The first kappa shape index (κ1) is 15.5. The van der Waals surface area contributed by atoms with Crippen LogP contribution in [0, 0.1) is 11.8 Å². The van der Waals surface area contributed by atoms with Crippen LogP contribution in [0.5, 0.6) is 0 Å². The number of carbonyl (C=O) groups is 1. The molecule has 1 saturated heterocycles. The van der Waals surface area contributed by atoms with Crippen LogP contribution in [0.25, 0.3) is 0 Å². The van der Waals surface area contributed by atoms with E-state index in [1.54, 1.807) is 0 Å². The minimum absolute atomic E-state index is 0.257. The molecule has 3 atom stereocenters. The number of likely N-dealkylation sites (tertiary alicyclic amines) is 1. The van der Waals surface area contributed by atoms with Gasteiger partial charge in [0.15, 0.2) is 0 Å². The van der Waals surface area contributed by atoms with Crippen molar-refractivity contribution in [1.29, 1.82) is 0 Å². The highest BCUT2D eigenvalue weighted by Gasteiger charge is 2.30. The molecule has 0 radical (unpaired) electrons. The molecule has 2 N–H and O–H groups in total. The summed E-state index contributed by atoms with van der Waals surface area (Å²) in [6.45, 7) is 3.76. The number of rotatable bonds is 3. The second-order valence-corrected chi connectivity index (χ2v) is 7.19. The Morgan fingerprint density at radius 1 is 1.27 bits per heavy atom. The average Bonchev–Trinajstić information content (AvgIpc) is 2.54. The molecule has 1 aromatic rings. The fourth-order valence-corrected chi connectivity index (χ4v) is 4.12. The highest BCUT2D eigenvalue weighted by molar-refractivity contribution is 5.77. The van der Waals surface area contributed by atoms with Crippen molar-refractivity contribution < 1.29 is 4.79 Å². The molecule has 1 amide bonds. The van der Waals surface area contributed by atoms with Gasteiger partial charge in [0.2, 0.25) is 5.91 Å². The van der Waals surface area contributed by atoms with E-state index in [-0.39, 0.29) is 6.04 Å². The number of carbonyl (C=O) groups excluding carboxylic acids is 1. The van der Waals surface area contributed by atoms with Gasteiger partial charge in [-0.05, 0) is 55.1 Å². The Morgan fingerprint density at radius 3 is 2.82 bits per heavy atom. The summed E-state index contributed by atoms with van der Waals surface area (Å²) in [6.07, 6.45) is 6.19. The Balaban J connectivity index is 1.60. The lowest BCUT2D eigenvalue weighted by atomic mass is 9.81. The molecule has 0 saturated carbocycles. The summed E-state index contributed by atoms with van der Waals surface area (Å²) in [4.78, 5) is 14.8. The van der Waals surface area contributed by atoms with Gasteiger partial charge < -0.3 is 10.6 Å². The van der Waals surface area contributed by atoms with E-state index in [0.717, 1.165) is 38.6 Å². The van der Waals surface area contributed by atoms with Gasteiger partial charge in [0.1, 0.15) is 0 Å². The Hall–Kier alpha value is -1.35. The van der Waals surface area contributed by atoms with Crippen LogP contribution in [0.3, 0.4) is 0 Å². The van der Waals surface area contributed by atoms with Gasteiger partial charge in [0.05, 0.1) is 0 Å². The van der Waals surface area contributed by atoms with Crippen LogP contribution in [0.15, 0.2) is 24.3 Å². The molecule has 0 aromatic heterocycles. The van der Waals surface area contributed by atoms with E-state index < -0.39 is 0 Å². The van der Waals surface area contributed by atoms with E-state index in [2.05, 4.69) is 36.1 Å². The van der Waals surface area contributed by atoms with Crippen LogP contribution >= 0.6 is 0 Å². The number of nitrogens with zero attached hydrogens (tertiary/aromatic N) is 1. The number of hydrogen-bond acceptors (Lipinski definition) is 2. The first-order valence-electron chi connectivity index (χ1n) is 8.73. The van der Waals surface area contributed by atoms with Crippen molar-refractivity contribution in [3.8, 4) is 0 Å². The predicted octanol–water partition coefficient (Wildman–Crippen LogP) is 2.77. The van der Waals surface area contributed by atoms with Gasteiger partial charge in [0, 0.05) is 25.6 Å². The van der Waals surface area contributed by atoms with Gasteiger partial charge in [-0.1, -0.05) is 31.2 Å². The first-order chi connectivity index (χ1) is 10.7. The maximum atomic E-state index is 12.7. The van der Waals surface area contributed by atoms with Crippen molar-refractivity contribution in [2.24, 2.45) is 17.6 Å². The molecule has 0 bridgehead atoms. The SMILES string of the molecule is CC1CCN(C(=O)CC2CCc3ccccc3C2)C(CN)C1. The highest BCUT2D eigenvalue weighted by atomic mass is 16.2. The lowest BCUT2D eigenvalue weighted by Crippen LogP contribution is -2.49. The van der Waals surface area contributed by atoms with Crippen molar-refractivity contribution in [2.45, 2.75) is 51.5 Å². The average molecular weight is 300 g/mol. The third-order valence-corrected chi connectivity index (χ3v) is 5.48. The summed E-state index contributed by atoms with van der Waals surface area (Å²) in [6, 6.07) is 8.93. The molecule has 3 unspecified atom stereocenters. The van der Waals surface area contributed by atoms with Crippen LogP contribution in [-0.4, -0.2) is 29.9 Å². The molecule has 3 heteroatoms. The summed E-state index contributed by atoms with van der Waals surface area (Å²) in [5.41, 5.74) is 8.81. The number of fused-ring (bicyclic) bond motifs is 1. The lowest BCUT2D eigenvalue weighted by Gasteiger charge is -2.39. The van der Waals surface area contributed by atoms with E-state index >= 15 is 0 Å². The third kappa shape index (κ3) is 3.35. The van der Waals surface area contributed by atoms with Crippen molar-refractivity contribution in [3.63, 3.8) is 0 Å². The molecule has 0 spiro atoms. The Bertz CT molecular complexity index is 528. The van der Waals surface area contributed by atoms with E-state index in [0.29, 0.717) is 30.7 Å². The number of piperidine rings is 1. The second-order valence-electron chi connectivity index (χ2n) is 7.19. The first-order valence-corrected chi connectivity index (χ1v) is 8.73. The Morgan fingerprint density at radius 2 is 2.05 bits per heavy atom. The van der Waals surface area contributed by atoms with Crippen molar-refractivity contribution in [3.05, 3.63) is 35.4 Å². The minimum Gasteiger partial charge on any atom is -0.338 e. The van der Waals surface area contributed by atoms with Gasteiger partial charge in [0.25, 0.3) is 0 Å². The Labute approximate surface area is 133 Å². The number of benzene rings is 1. The topological polar surface area (TPSA) is 46.3 Å². The molecular weight excluding hydrogens is 272 g/mol. The summed E-state index contributed by atoms with van der Waals surface area (Å²) in [5.74, 6) is 1.52. The summed E-state index contributed by atoms with van der Waals surface area (Å²) >= 11 is 0. The fraction of sp³-hybridized carbons (Fsp3) is 0.632. The smallest absolute Gasteiger partial charge is 0.223 e.